The van der Waals surface area contributed by atoms with E-state index in [1.807, 2.05) is 24.3 Å². The zero-order valence-corrected chi connectivity index (χ0v) is 10.8. The number of aliphatic hydroxyl groups is 1. The molecule has 20 heavy (non-hydrogen) atoms. The molecular formula is C16H13FO3. The molecule has 1 heterocycles. The fourth-order valence-corrected chi connectivity index (χ4v) is 2.21. The average Bonchev–Trinajstić information content (AvgIpc) is 2.47. The standard InChI is InChI=1S/C16H13FO3/c1-19-15-9-11(6-7-12(15)17)16-13(18)8-10-4-2-3-5-14(10)20-16/h2-9,16,18H,1H3. The largest absolute Gasteiger partial charge is 0.508 e. The van der Waals surface area contributed by atoms with Gasteiger partial charge in [-0.3, -0.25) is 0 Å². The van der Waals surface area contributed by atoms with Crippen LogP contribution in [0, 0.1) is 5.82 Å². The van der Waals surface area contributed by atoms with Gasteiger partial charge in [0.05, 0.1) is 7.11 Å². The lowest BCUT2D eigenvalue weighted by Crippen LogP contribution is -2.14. The van der Waals surface area contributed by atoms with Crippen molar-refractivity contribution in [3.05, 3.63) is 65.2 Å². The molecule has 2 aromatic rings. The van der Waals surface area contributed by atoms with Crippen molar-refractivity contribution in [2.75, 3.05) is 7.11 Å². The van der Waals surface area contributed by atoms with Gasteiger partial charge >= 0.3 is 0 Å². The maximum absolute atomic E-state index is 13.4. The third-order valence-electron chi connectivity index (χ3n) is 3.21. The Morgan fingerprint density at radius 2 is 2.00 bits per heavy atom. The second-order valence-electron chi connectivity index (χ2n) is 4.50. The molecule has 0 amide bonds. The van der Waals surface area contributed by atoms with Crippen LogP contribution >= 0.6 is 0 Å². The molecule has 0 radical (unpaired) electrons. The maximum atomic E-state index is 13.4. The van der Waals surface area contributed by atoms with Gasteiger partial charge in [0.2, 0.25) is 0 Å². The number of methoxy groups -OCH3 is 1. The van der Waals surface area contributed by atoms with Gasteiger partial charge in [0.1, 0.15) is 11.5 Å². The Balaban J connectivity index is 2.00. The third-order valence-corrected chi connectivity index (χ3v) is 3.21. The average molecular weight is 272 g/mol. The van der Waals surface area contributed by atoms with E-state index in [0.717, 1.165) is 5.56 Å². The van der Waals surface area contributed by atoms with Crippen molar-refractivity contribution in [3.8, 4) is 11.5 Å². The molecule has 1 aliphatic rings. The van der Waals surface area contributed by atoms with E-state index in [-0.39, 0.29) is 11.5 Å². The first-order chi connectivity index (χ1) is 9.69. The number of halogens is 1. The summed E-state index contributed by atoms with van der Waals surface area (Å²) >= 11 is 0. The van der Waals surface area contributed by atoms with E-state index in [4.69, 9.17) is 9.47 Å². The summed E-state index contributed by atoms with van der Waals surface area (Å²) in [5.74, 6) is 0.435. The lowest BCUT2D eigenvalue weighted by Gasteiger charge is -2.24. The first kappa shape index (κ1) is 12.5. The molecule has 102 valence electrons. The Morgan fingerprint density at radius 1 is 1.20 bits per heavy atom. The summed E-state index contributed by atoms with van der Waals surface area (Å²) in [6, 6.07) is 11.8. The highest BCUT2D eigenvalue weighted by molar-refractivity contribution is 5.62. The molecule has 0 aromatic heterocycles. The van der Waals surface area contributed by atoms with Crippen molar-refractivity contribution < 1.29 is 19.0 Å². The number of fused-ring (bicyclic) bond motifs is 1. The Morgan fingerprint density at radius 3 is 2.80 bits per heavy atom. The smallest absolute Gasteiger partial charge is 0.180 e. The second kappa shape index (κ2) is 4.89. The van der Waals surface area contributed by atoms with Crippen molar-refractivity contribution in [2.24, 2.45) is 0 Å². The maximum Gasteiger partial charge on any atom is 0.180 e. The molecule has 0 saturated carbocycles. The first-order valence-corrected chi connectivity index (χ1v) is 6.18. The topological polar surface area (TPSA) is 38.7 Å². The van der Waals surface area contributed by atoms with E-state index < -0.39 is 11.9 Å². The van der Waals surface area contributed by atoms with Crippen LogP contribution in [-0.2, 0) is 0 Å². The lowest BCUT2D eigenvalue weighted by molar-refractivity contribution is 0.174. The van der Waals surface area contributed by atoms with Gasteiger partial charge in [-0.1, -0.05) is 24.3 Å². The highest BCUT2D eigenvalue weighted by atomic mass is 19.1. The molecule has 4 heteroatoms. The van der Waals surface area contributed by atoms with Crippen LogP contribution in [0.15, 0.2) is 48.2 Å². The molecular weight excluding hydrogens is 259 g/mol. The highest BCUT2D eigenvalue weighted by Crippen LogP contribution is 2.37. The molecule has 0 fully saturated rings. The summed E-state index contributed by atoms with van der Waals surface area (Å²) in [6.07, 6.45) is 0.999. The lowest BCUT2D eigenvalue weighted by atomic mass is 10.0. The van der Waals surface area contributed by atoms with Gasteiger partial charge in [-0.15, -0.1) is 0 Å². The molecule has 2 aromatic carbocycles. The molecule has 1 aliphatic heterocycles. The van der Waals surface area contributed by atoms with E-state index in [1.165, 1.54) is 19.2 Å². The van der Waals surface area contributed by atoms with E-state index in [1.54, 1.807) is 12.1 Å². The number of hydrogen-bond acceptors (Lipinski definition) is 3. The zero-order valence-electron chi connectivity index (χ0n) is 10.8. The molecule has 1 N–H and O–H groups in total. The minimum absolute atomic E-state index is 0.0809. The van der Waals surface area contributed by atoms with Crippen molar-refractivity contribution in [3.63, 3.8) is 0 Å². The van der Waals surface area contributed by atoms with Gasteiger partial charge in [0.15, 0.2) is 17.7 Å². The summed E-state index contributed by atoms with van der Waals surface area (Å²) in [7, 11) is 1.40. The van der Waals surface area contributed by atoms with Crippen LogP contribution in [0.3, 0.4) is 0 Å². The van der Waals surface area contributed by atoms with E-state index >= 15 is 0 Å². The monoisotopic (exact) mass is 272 g/mol. The van der Waals surface area contributed by atoms with Gasteiger partial charge in [0.25, 0.3) is 0 Å². The summed E-state index contributed by atoms with van der Waals surface area (Å²) in [5.41, 5.74) is 1.45. The van der Waals surface area contributed by atoms with Gasteiger partial charge in [0, 0.05) is 11.1 Å². The van der Waals surface area contributed by atoms with Crippen LogP contribution in [0.2, 0.25) is 0 Å². The molecule has 0 spiro atoms. The van der Waals surface area contributed by atoms with Crippen LogP contribution in [-0.4, -0.2) is 12.2 Å². The molecule has 1 atom stereocenters. The predicted octanol–water partition coefficient (Wildman–Crippen LogP) is 3.87. The summed E-state index contributed by atoms with van der Waals surface area (Å²) in [6.45, 7) is 0. The number of para-hydroxylation sites is 1. The Hall–Kier alpha value is -2.49. The van der Waals surface area contributed by atoms with Crippen LogP contribution in [0.5, 0.6) is 11.5 Å². The number of rotatable bonds is 2. The first-order valence-electron chi connectivity index (χ1n) is 6.18. The van der Waals surface area contributed by atoms with E-state index in [9.17, 15) is 9.50 Å². The Kier molecular flexibility index (Phi) is 3.06. The van der Waals surface area contributed by atoms with Gasteiger partial charge in [-0.05, 0) is 24.3 Å². The Bertz CT molecular complexity index is 679. The Labute approximate surface area is 115 Å². The quantitative estimate of drug-likeness (QED) is 0.902. The molecule has 0 bridgehead atoms. The fourth-order valence-electron chi connectivity index (χ4n) is 2.21. The van der Waals surface area contributed by atoms with Crippen molar-refractivity contribution in [1.29, 1.82) is 0 Å². The number of ether oxygens (including phenoxy) is 2. The van der Waals surface area contributed by atoms with Gasteiger partial charge < -0.3 is 14.6 Å². The normalized spacial score (nSPS) is 16.9. The van der Waals surface area contributed by atoms with Gasteiger partial charge in [-0.25, -0.2) is 4.39 Å². The molecule has 0 saturated heterocycles. The zero-order chi connectivity index (χ0) is 14.1. The number of benzene rings is 2. The van der Waals surface area contributed by atoms with E-state index in [0.29, 0.717) is 11.3 Å². The molecule has 3 nitrogen and oxygen atoms in total. The van der Waals surface area contributed by atoms with Crippen molar-refractivity contribution >= 4 is 6.08 Å². The molecule has 1 unspecified atom stereocenters. The number of aliphatic hydroxyl groups excluding tert-OH is 1. The highest BCUT2D eigenvalue weighted by Gasteiger charge is 2.24. The summed E-state index contributed by atoms with van der Waals surface area (Å²) in [4.78, 5) is 0. The predicted molar refractivity (Wildman–Crippen MR) is 73.4 cm³/mol. The van der Waals surface area contributed by atoms with Crippen molar-refractivity contribution in [1.82, 2.24) is 0 Å². The van der Waals surface area contributed by atoms with Crippen LogP contribution in [0.4, 0.5) is 4.39 Å². The van der Waals surface area contributed by atoms with Crippen LogP contribution in [0.25, 0.3) is 6.08 Å². The van der Waals surface area contributed by atoms with E-state index in [2.05, 4.69) is 0 Å². The minimum atomic E-state index is -0.653. The third kappa shape index (κ3) is 2.09. The molecule has 3 rings (SSSR count). The van der Waals surface area contributed by atoms with Crippen molar-refractivity contribution in [2.45, 2.75) is 6.10 Å². The van der Waals surface area contributed by atoms with Crippen LogP contribution < -0.4 is 9.47 Å². The fraction of sp³-hybridized carbons (Fsp3) is 0.125. The van der Waals surface area contributed by atoms with Crippen LogP contribution in [0.1, 0.15) is 17.2 Å². The number of hydrogen-bond donors (Lipinski definition) is 1. The minimum Gasteiger partial charge on any atom is -0.508 e. The summed E-state index contributed by atoms with van der Waals surface area (Å²) in [5, 5.41) is 10.1. The summed E-state index contributed by atoms with van der Waals surface area (Å²) < 4.78 is 24.2. The second-order valence-corrected chi connectivity index (χ2v) is 4.50. The van der Waals surface area contributed by atoms with Gasteiger partial charge in [-0.2, -0.15) is 0 Å². The molecule has 0 aliphatic carbocycles. The SMILES string of the molecule is COc1cc(C2Oc3ccccc3C=C2O)ccc1F.